The number of alkyl halides is 1. The number of rotatable bonds is 2. The Morgan fingerprint density at radius 1 is 1.62 bits per heavy atom. The molecule has 0 spiro atoms. The van der Waals surface area contributed by atoms with Crippen LogP contribution in [0, 0.1) is 11.3 Å². The third-order valence-electron chi connectivity index (χ3n) is 3.14. The average molecular weight is 264 g/mol. The van der Waals surface area contributed by atoms with E-state index in [1.165, 1.54) is 0 Å². The SMILES string of the molecule is CC1(C)C(CCl)C1c1occc1Br. The van der Waals surface area contributed by atoms with Gasteiger partial charge < -0.3 is 4.42 Å². The molecule has 1 nitrogen and oxygen atoms in total. The molecule has 1 aliphatic rings. The van der Waals surface area contributed by atoms with Crippen LogP contribution >= 0.6 is 27.5 Å². The maximum absolute atomic E-state index is 5.89. The lowest BCUT2D eigenvalue weighted by Crippen LogP contribution is -1.90. The fourth-order valence-corrected chi connectivity index (χ4v) is 3.10. The molecular formula is C10H12BrClO. The standard InChI is InChI=1S/C10H12BrClO/c1-10(2)6(5-12)8(10)9-7(11)3-4-13-9/h3-4,6,8H,5H2,1-2H3. The second-order valence-corrected chi connectivity index (χ2v) is 5.36. The van der Waals surface area contributed by atoms with Crippen LogP contribution in [0.3, 0.4) is 0 Å². The number of hydrogen-bond acceptors (Lipinski definition) is 1. The summed E-state index contributed by atoms with van der Waals surface area (Å²) in [5.41, 5.74) is 0.294. The van der Waals surface area contributed by atoms with E-state index in [1.807, 2.05) is 6.07 Å². The van der Waals surface area contributed by atoms with Gasteiger partial charge in [0.1, 0.15) is 5.76 Å². The topological polar surface area (TPSA) is 13.1 Å². The van der Waals surface area contributed by atoms with E-state index in [2.05, 4.69) is 29.8 Å². The van der Waals surface area contributed by atoms with Crippen molar-refractivity contribution in [2.45, 2.75) is 19.8 Å². The monoisotopic (exact) mass is 262 g/mol. The summed E-state index contributed by atoms with van der Waals surface area (Å²) in [4.78, 5) is 0. The van der Waals surface area contributed by atoms with Crippen molar-refractivity contribution in [2.24, 2.45) is 11.3 Å². The predicted octanol–water partition coefficient (Wildman–Crippen LogP) is 4.02. The van der Waals surface area contributed by atoms with Crippen molar-refractivity contribution in [3.63, 3.8) is 0 Å². The highest BCUT2D eigenvalue weighted by molar-refractivity contribution is 9.10. The van der Waals surface area contributed by atoms with Crippen LogP contribution in [0.25, 0.3) is 0 Å². The number of halogens is 2. The van der Waals surface area contributed by atoms with Crippen molar-refractivity contribution in [3.05, 3.63) is 22.6 Å². The van der Waals surface area contributed by atoms with E-state index in [0.717, 1.165) is 10.2 Å². The molecular weight excluding hydrogens is 251 g/mol. The molecule has 0 radical (unpaired) electrons. The van der Waals surface area contributed by atoms with E-state index >= 15 is 0 Å². The zero-order valence-electron chi connectivity index (χ0n) is 7.68. The fourth-order valence-electron chi connectivity index (χ4n) is 2.08. The summed E-state index contributed by atoms with van der Waals surface area (Å²) in [6.45, 7) is 4.47. The molecule has 1 aliphatic carbocycles. The lowest BCUT2D eigenvalue weighted by molar-refractivity contribution is 0.479. The molecule has 0 aromatic carbocycles. The van der Waals surface area contributed by atoms with Crippen LogP contribution in [0.4, 0.5) is 0 Å². The summed E-state index contributed by atoms with van der Waals surface area (Å²) in [5, 5.41) is 0. The van der Waals surface area contributed by atoms with Gasteiger partial charge >= 0.3 is 0 Å². The van der Waals surface area contributed by atoms with E-state index < -0.39 is 0 Å². The maximum Gasteiger partial charge on any atom is 0.121 e. The highest BCUT2D eigenvalue weighted by Crippen LogP contribution is 2.65. The van der Waals surface area contributed by atoms with Gasteiger partial charge in [-0.1, -0.05) is 13.8 Å². The van der Waals surface area contributed by atoms with Crippen LogP contribution in [-0.2, 0) is 0 Å². The molecule has 0 bridgehead atoms. The maximum atomic E-state index is 5.89. The van der Waals surface area contributed by atoms with Crippen LogP contribution < -0.4 is 0 Å². The van der Waals surface area contributed by atoms with E-state index in [4.69, 9.17) is 16.0 Å². The highest BCUT2D eigenvalue weighted by atomic mass is 79.9. The van der Waals surface area contributed by atoms with Crippen LogP contribution in [-0.4, -0.2) is 5.88 Å². The Morgan fingerprint density at radius 3 is 2.69 bits per heavy atom. The lowest BCUT2D eigenvalue weighted by atomic mass is 10.1. The molecule has 1 saturated carbocycles. The third-order valence-corrected chi connectivity index (χ3v) is 4.13. The van der Waals surface area contributed by atoms with Crippen LogP contribution in [0.15, 0.2) is 21.2 Å². The molecule has 2 rings (SSSR count). The molecule has 1 aromatic rings. The largest absolute Gasteiger partial charge is 0.468 e. The van der Waals surface area contributed by atoms with Gasteiger partial charge in [-0.2, -0.15) is 0 Å². The molecule has 13 heavy (non-hydrogen) atoms. The first-order valence-corrected chi connectivity index (χ1v) is 5.70. The Hall–Kier alpha value is 0.0500. The quantitative estimate of drug-likeness (QED) is 0.735. The lowest BCUT2D eigenvalue weighted by Gasteiger charge is -1.99. The molecule has 0 saturated heterocycles. The van der Waals surface area contributed by atoms with Crippen molar-refractivity contribution >= 4 is 27.5 Å². The smallest absolute Gasteiger partial charge is 0.121 e. The zero-order chi connectivity index (χ0) is 9.64. The number of furan rings is 1. The second kappa shape index (κ2) is 3.03. The molecule has 2 unspecified atom stereocenters. The van der Waals surface area contributed by atoms with E-state index in [-0.39, 0.29) is 0 Å². The van der Waals surface area contributed by atoms with Crippen molar-refractivity contribution in [1.82, 2.24) is 0 Å². The minimum atomic E-state index is 0.294. The predicted molar refractivity (Wildman–Crippen MR) is 57.1 cm³/mol. The summed E-state index contributed by atoms with van der Waals surface area (Å²) in [7, 11) is 0. The van der Waals surface area contributed by atoms with E-state index in [0.29, 0.717) is 23.1 Å². The molecule has 0 aliphatic heterocycles. The van der Waals surface area contributed by atoms with Crippen LogP contribution in [0.5, 0.6) is 0 Å². The van der Waals surface area contributed by atoms with Gasteiger partial charge in [0.15, 0.2) is 0 Å². The summed E-state index contributed by atoms with van der Waals surface area (Å²) in [5.74, 6) is 2.80. The van der Waals surface area contributed by atoms with Gasteiger partial charge in [-0.25, -0.2) is 0 Å². The van der Waals surface area contributed by atoms with Gasteiger partial charge in [-0.3, -0.25) is 0 Å². The Balaban J connectivity index is 2.26. The van der Waals surface area contributed by atoms with Crippen molar-refractivity contribution < 1.29 is 4.42 Å². The van der Waals surface area contributed by atoms with Gasteiger partial charge in [0.2, 0.25) is 0 Å². The Labute approximate surface area is 91.6 Å². The van der Waals surface area contributed by atoms with Crippen LogP contribution in [0.2, 0.25) is 0 Å². The first-order valence-electron chi connectivity index (χ1n) is 4.38. The van der Waals surface area contributed by atoms with Crippen molar-refractivity contribution in [1.29, 1.82) is 0 Å². The van der Waals surface area contributed by atoms with E-state index in [1.54, 1.807) is 6.26 Å². The minimum absolute atomic E-state index is 0.294. The minimum Gasteiger partial charge on any atom is -0.468 e. The second-order valence-electron chi connectivity index (χ2n) is 4.19. The van der Waals surface area contributed by atoms with Gasteiger partial charge in [-0.15, -0.1) is 11.6 Å². The molecule has 72 valence electrons. The molecule has 0 N–H and O–H groups in total. The summed E-state index contributed by atoms with van der Waals surface area (Å²) in [6.07, 6.45) is 1.72. The average Bonchev–Trinajstić information content (AvgIpc) is 2.41. The van der Waals surface area contributed by atoms with E-state index in [9.17, 15) is 0 Å². The molecule has 3 heteroatoms. The third kappa shape index (κ3) is 1.35. The van der Waals surface area contributed by atoms with Gasteiger partial charge in [0, 0.05) is 11.8 Å². The Morgan fingerprint density at radius 2 is 2.31 bits per heavy atom. The molecule has 1 fully saturated rings. The van der Waals surface area contributed by atoms with Crippen molar-refractivity contribution in [3.8, 4) is 0 Å². The van der Waals surface area contributed by atoms with Gasteiger partial charge in [0.25, 0.3) is 0 Å². The zero-order valence-corrected chi connectivity index (χ0v) is 10.0. The molecule has 1 aromatic heterocycles. The van der Waals surface area contributed by atoms with Crippen molar-refractivity contribution in [2.75, 3.05) is 5.88 Å². The fraction of sp³-hybridized carbons (Fsp3) is 0.600. The number of hydrogen-bond donors (Lipinski definition) is 0. The van der Waals surface area contributed by atoms with Gasteiger partial charge in [0.05, 0.1) is 10.7 Å². The Kier molecular flexibility index (Phi) is 2.23. The first kappa shape index (κ1) is 9.60. The molecule has 1 heterocycles. The molecule has 0 amide bonds. The normalized spacial score (nSPS) is 30.5. The van der Waals surface area contributed by atoms with Crippen LogP contribution in [0.1, 0.15) is 25.5 Å². The highest BCUT2D eigenvalue weighted by Gasteiger charge is 2.59. The molecule has 2 atom stereocenters. The van der Waals surface area contributed by atoms with Gasteiger partial charge in [-0.05, 0) is 33.3 Å². The summed E-state index contributed by atoms with van der Waals surface area (Å²) >= 11 is 9.37. The first-order chi connectivity index (χ1) is 6.09. The summed E-state index contributed by atoms with van der Waals surface area (Å²) in [6, 6.07) is 1.94. The Bertz CT molecular complexity index is 318. The summed E-state index contributed by atoms with van der Waals surface area (Å²) < 4.78 is 6.52.